The third-order valence-electron chi connectivity index (χ3n) is 5.72. The van der Waals surface area contributed by atoms with Crippen LogP contribution in [0.25, 0.3) is 11.3 Å². The molecular weight excluding hydrogens is 456 g/mol. The number of hydrogen-bond donors (Lipinski definition) is 1. The molecule has 9 heteroatoms. The lowest BCUT2D eigenvalue weighted by Crippen LogP contribution is -2.35. The molecule has 1 aliphatic rings. The van der Waals surface area contributed by atoms with E-state index in [1.807, 2.05) is 48.9 Å². The summed E-state index contributed by atoms with van der Waals surface area (Å²) in [5, 5.41) is 3.17. The van der Waals surface area contributed by atoms with Crippen LogP contribution in [-0.4, -0.2) is 46.5 Å². The van der Waals surface area contributed by atoms with E-state index in [0.717, 1.165) is 35.7 Å². The molecule has 3 aromatic rings. The Labute approximate surface area is 199 Å². The number of carbonyl (C=O) groups is 1. The predicted molar refractivity (Wildman–Crippen MR) is 132 cm³/mol. The minimum Gasteiger partial charge on any atom is -0.325 e. The van der Waals surface area contributed by atoms with E-state index in [1.165, 1.54) is 22.1 Å². The molecule has 1 aromatic heterocycles. The molecular formula is C24H28N4O3S2. The molecule has 2 aromatic carbocycles. The highest BCUT2D eigenvalue weighted by atomic mass is 32.2. The van der Waals surface area contributed by atoms with Gasteiger partial charge in [0.25, 0.3) is 0 Å². The van der Waals surface area contributed by atoms with Crippen molar-refractivity contribution in [1.82, 2.24) is 13.9 Å². The zero-order valence-electron chi connectivity index (χ0n) is 18.8. The van der Waals surface area contributed by atoms with Gasteiger partial charge in [-0.25, -0.2) is 13.4 Å². The lowest BCUT2D eigenvalue weighted by Gasteiger charge is -2.26. The largest absolute Gasteiger partial charge is 0.325 e. The van der Waals surface area contributed by atoms with Crippen molar-refractivity contribution in [3.63, 3.8) is 0 Å². The first-order chi connectivity index (χ1) is 15.9. The second kappa shape index (κ2) is 10.1. The monoisotopic (exact) mass is 484 g/mol. The van der Waals surface area contributed by atoms with Gasteiger partial charge in [-0.1, -0.05) is 54.6 Å². The summed E-state index contributed by atoms with van der Waals surface area (Å²) in [6, 6.07) is 16.4. The average molecular weight is 485 g/mol. The molecule has 1 aliphatic heterocycles. The zero-order chi connectivity index (χ0) is 23.4. The van der Waals surface area contributed by atoms with Gasteiger partial charge in [-0.15, -0.1) is 0 Å². The summed E-state index contributed by atoms with van der Waals surface area (Å²) in [4.78, 5) is 17.5. The Bertz CT molecular complexity index is 1220. The molecule has 0 aliphatic carbocycles. The molecule has 174 valence electrons. The molecule has 1 unspecified atom stereocenters. The average Bonchev–Trinajstić information content (AvgIpc) is 3.20. The van der Waals surface area contributed by atoms with Crippen molar-refractivity contribution in [3.8, 4) is 11.3 Å². The Morgan fingerprint density at radius 1 is 1.06 bits per heavy atom. The van der Waals surface area contributed by atoms with E-state index in [4.69, 9.17) is 0 Å². The molecule has 2 heterocycles. The maximum atomic E-state index is 13.0. The summed E-state index contributed by atoms with van der Waals surface area (Å²) in [5.74, 6) is -0.211. The summed E-state index contributed by atoms with van der Waals surface area (Å²) in [5.41, 5.74) is 2.50. The van der Waals surface area contributed by atoms with Gasteiger partial charge in [0.2, 0.25) is 15.9 Å². The fraction of sp³-hybridized carbons (Fsp3) is 0.333. The van der Waals surface area contributed by atoms with Crippen LogP contribution in [-0.2, 0) is 21.9 Å². The molecule has 0 bridgehead atoms. The fourth-order valence-corrected chi connectivity index (χ4v) is 6.24. The smallest absolute Gasteiger partial charge is 0.243 e. The van der Waals surface area contributed by atoms with Gasteiger partial charge in [-0.3, -0.25) is 4.79 Å². The van der Waals surface area contributed by atoms with Crippen molar-refractivity contribution in [3.05, 3.63) is 60.8 Å². The molecule has 1 atom stereocenters. The van der Waals surface area contributed by atoms with Crippen molar-refractivity contribution >= 4 is 33.4 Å². The number of imidazole rings is 1. The number of piperidine rings is 1. The van der Waals surface area contributed by atoms with Crippen LogP contribution in [0.4, 0.5) is 5.69 Å². The first kappa shape index (κ1) is 23.5. The Kier molecular flexibility index (Phi) is 7.21. The number of anilines is 1. The van der Waals surface area contributed by atoms with Gasteiger partial charge in [0.05, 0.1) is 22.0 Å². The van der Waals surface area contributed by atoms with Gasteiger partial charge in [-0.05, 0) is 43.5 Å². The van der Waals surface area contributed by atoms with Gasteiger partial charge >= 0.3 is 0 Å². The van der Waals surface area contributed by atoms with E-state index < -0.39 is 15.3 Å². The third-order valence-corrected chi connectivity index (χ3v) is 8.77. The standard InChI is InChI=1S/C24H28N4O3S2/c1-18(32-24-25-17-22(27(24)2)19-10-5-3-6-11-19)23(29)26-20-12-9-13-21(16-20)33(30,31)28-14-7-4-8-15-28/h3,5-6,9-13,16-18H,4,7-8,14-15H2,1-2H3,(H,26,29). The van der Waals surface area contributed by atoms with Crippen LogP contribution in [0.2, 0.25) is 0 Å². The molecule has 1 amide bonds. The molecule has 4 rings (SSSR count). The fourth-order valence-electron chi connectivity index (χ4n) is 3.82. The second-order valence-corrected chi connectivity index (χ2v) is 11.3. The molecule has 0 radical (unpaired) electrons. The lowest BCUT2D eigenvalue weighted by molar-refractivity contribution is -0.115. The van der Waals surface area contributed by atoms with Gasteiger partial charge in [0.1, 0.15) is 0 Å². The maximum absolute atomic E-state index is 13.0. The number of nitrogens with one attached hydrogen (secondary N) is 1. The number of aromatic nitrogens is 2. The van der Waals surface area contributed by atoms with Crippen molar-refractivity contribution in [2.45, 2.75) is 41.5 Å². The Hall–Kier alpha value is -2.62. The van der Waals surface area contributed by atoms with E-state index >= 15 is 0 Å². The SMILES string of the molecule is CC(Sc1ncc(-c2ccccc2)n1C)C(=O)Nc1cccc(S(=O)(=O)N2CCCCC2)c1. The van der Waals surface area contributed by atoms with Crippen molar-refractivity contribution < 1.29 is 13.2 Å². The number of carbonyl (C=O) groups excluding carboxylic acids is 1. The highest BCUT2D eigenvalue weighted by molar-refractivity contribution is 8.00. The van der Waals surface area contributed by atoms with Crippen LogP contribution >= 0.6 is 11.8 Å². The van der Waals surface area contributed by atoms with Crippen molar-refractivity contribution in [2.24, 2.45) is 7.05 Å². The lowest BCUT2D eigenvalue weighted by atomic mass is 10.2. The molecule has 33 heavy (non-hydrogen) atoms. The van der Waals surface area contributed by atoms with Crippen LogP contribution < -0.4 is 5.32 Å². The Morgan fingerprint density at radius 2 is 1.79 bits per heavy atom. The minimum absolute atomic E-state index is 0.208. The topological polar surface area (TPSA) is 84.3 Å². The summed E-state index contributed by atoms with van der Waals surface area (Å²) in [6.07, 6.45) is 4.62. The number of amides is 1. The van der Waals surface area contributed by atoms with Crippen LogP contribution in [0.1, 0.15) is 26.2 Å². The first-order valence-electron chi connectivity index (χ1n) is 11.0. The molecule has 1 fully saturated rings. The second-order valence-electron chi connectivity index (χ2n) is 8.09. The Balaban J connectivity index is 1.44. The van der Waals surface area contributed by atoms with E-state index in [9.17, 15) is 13.2 Å². The van der Waals surface area contributed by atoms with E-state index in [-0.39, 0.29) is 10.8 Å². The van der Waals surface area contributed by atoms with Gasteiger partial charge < -0.3 is 9.88 Å². The summed E-state index contributed by atoms with van der Waals surface area (Å²) in [6.45, 7) is 2.90. The first-order valence-corrected chi connectivity index (χ1v) is 13.3. The highest BCUT2D eigenvalue weighted by Gasteiger charge is 2.26. The van der Waals surface area contributed by atoms with Crippen molar-refractivity contribution in [2.75, 3.05) is 18.4 Å². The minimum atomic E-state index is -3.55. The van der Waals surface area contributed by atoms with Crippen LogP contribution in [0.5, 0.6) is 0 Å². The van der Waals surface area contributed by atoms with E-state index in [1.54, 1.807) is 24.4 Å². The van der Waals surface area contributed by atoms with E-state index in [0.29, 0.717) is 18.8 Å². The van der Waals surface area contributed by atoms with Crippen molar-refractivity contribution in [1.29, 1.82) is 0 Å². The van der Waals surface area contributed by atoms with E-state index in [2.05, 4.69) is 10.3 Å². The number of rotatable bonds is 7. The van der Waals surface area contributed by atoms with Crippen LogP contribution in [0.15, 0.2) is 70.8 Å². The van der Waals surface area contributed by atoms with Crippen LogP contribution in [0.3, 0.4) is 0 Å². The quantitative estimate of drug-likeness (QED) is 0.503. The molecule has 7 nitrogen and oxygen atoms in total. The van der Waals surface area contributed by atoms with Gasteiger partial charge in [-0.2, -0.15) is 4.31 Å². The molecule has 0 spiro atoms. The van der Waals surface area contributed by atoms with Gasteiger partial charge in [0.15, 0.2) is 5.16 Å². The summed E-state index contributed by atoms with van der Waals surface area (Å²) in [7, 11) is -1.63. The number of sulfonamides is 1. The molecule has 1 N–H and O–H groups in total. The summed E-state index contributed by atoms with van der Waals surface area (Å²) >= 11 is 1.36. The molecule has 0 saturated carbocycles. The number of benzene rings is 2. The number of hydrogen-bond acceptors (Lipinski definition) is 5. The normalized spacial score (nSPS) is 15.8. The number of thioether (sulfide) groups is 1. The molecule has 1 saturated heterocycles. The van der Waals surface area contributed by atoms with Gasteiger partial charge in [0, 0.05) is 25.8 Å². The summed E-state index contributed by atoms with van der Waals surface area (Å²) < 4.78 is 29.4. The number of nitrogens with zero attached hydrogens (tertiary/aromatic N) is 3. The van der Waals surface area contributed by atoms with Crippen LogP contribution in [0, 0.1) is 0 Å². The predicted octanol–water partition coefficient (Wildman–Crippen LogP) is 4.38. The Morgan fingerprint density at radius 3 is 2.52 bits per heavy atom. The highest BCUT2D eigenvalue weighted by Crippen LogP contribution is 2.28. The zero-order valence-corrected chi connectivity index (χ0v) is 20.4. The third kappa shape index (κ3) is 5.31. The maximum Gasteiger partial charge on any atom is 0.243 e.